The van der Waals surface area contributed by atoms with Gasteiger partial charge in [-0.1, -0.05) is 13.8 Å². The Bertz CT molecular complexity index is 218. The quantitative estimate of drug-likeness (QED) is 0.698. The third-order valence-corrected chi connectivity index (χ3v) is 1.90. The normalized spacial score (nSPS) is 17.4. The third kappa shape index (κ3) is 2.44. The lowest BCUT2D eigenvalue weighted by Gasteiger charge is -2.26. The van der Waals surface area contributed by atoms with Crippen LogP contribution in [0.3, 0.4) is 0 Å². The fraction of sp³-hybridized carbons (Fsp3) is 0.778. The molecule has 1 aliphatic heterocycles. The SMILES string of the molecule is CC(C)C1=NNCN=CN1C(C)C. The molecule has 74 valence electrons. The first-order chi connectivity index (χ1) is 6.13. The first kappa shape index (κ1) is 10.0. The highest BCUT2D eigenvalue weighted by Crippen LogP contribution is 2.07. The van der Waals surface area contributed by atoms with Crippen LogP contribution in [0.25, 0.3) is 0 Å². The van der Waals surface area contributed by atoms with Crippen molar-refractivity contribution in [2.45, 2.75) is 33.7 Å². The van der Waals surface area contributed by atoms with Crippen molar-refractivity contribution in [3.05, 3.63) is 0 Å². The zero-order valence-electron chi connectivity index (χ0n) is 8.78. The smallest absolute Gasteiger partial charge is 0.132 e. The van der Waals surface area contributed by atoms with E-state index in [0.29, 0.717) is 18.6 Å². The van der Waals surface area contributed by atoms with Crippen molar-refractivity contribution in [3.8, 4) is 0 Å². The molecule has 0 spiro atoms. The number of amidine groups is 1. The van der Waals surface area contributed by atoms with Crippen LogP contribution in [0.15, 0.2) is 10.1 Å². The molecular weight excluding hydrogens is 164 g/mol. The highest BCUT2D eigenvalue weighted by atomic mass is 15.4. The molecule has 0 unspecified atom stereocenters. The Hall–Kier alpha value is -1.06. The van der Waals surface area contributed by atoms with E-state index in [4.69, 9.17) is 0 Å². The standard InChI is InChI=1S/C9H18N4/c1-7(2)9-12-11-5-10-6-13(9)8(3)4/h6-8,11H,5H2,1-4H3. The second-order valence-electron chi connectivity index (χ2n) is 3.74. The summed E-state index contributed by atoms with van der Waals surface area (Å²) >= 11 is 0. The first-order valence-corrected chi connectivity index (χ1v) is 4.71. The number of hydrogen-bond acceptors (Lipinski definition) is 4. The summed E-state index contributed by atoms with van der Waals surface area (Å²) in [5.41, 5.74) is 2.91. The molecule has 0 radical (unpaired) electrons. The minimum absolute atomic E-state index is 0.407. The Labute approximate surface area is 79.7 Å². The molecule has 0 bridgehead atoms. The topological polar surface area (TPSA) is 40.0 Å². The Morgan fingerprint density at radius 1 is 1.38 bits per heavy atom. The number of hydrogen-bond donors (Lipinski definition) is 1. The highest BCUT2D eigenvalue weighted by molar-refractivity contribution is 5.93. The molecule has 0 saturated carbocycles. The van der Waals surface area contributed by atoms with Gasteiger partial charge in [0.2, 0.25) is 0 Å². The Morgan fingerprint density at radius 3 is 2.62 bits per heavy atom. The summed E-state index contributed by atoms with van der Waals surface area (Å²) in [7, 11) is 0. The van der Waals surface area contributed by atoms with E-state index >= 15 is 0 Å². The molecular formula is C9H18N4. The lowest BCUT2D eigenvalue weighted by Crippen LogP contribution is -2.38. The van der Waals surface area contributed by atoms with Crippen LogP contribution in [-0.4, -0.2) is 29.8 Å². The first-order valence-electron chi connectivity index (χ1n) is 4.71. The van der Waals surface area contributed by atoms with Crippen LogP contribution < -0.4 is 5.43 Å². The molecule has 0 atom stereocenters. The highest BCUT2D eigenvalue weighted by Gasteiger charge is 2.17. The summed E-state index contributed by atoms with van der Waals surface area (Å²) in [6.07, 6.45) is 1.86. The van der Waals surface area contributed by atoms with Crippen molar-refractivity contribution in [1.82, 2.24) is 10.3 Å². The van der Waals surface area contributed by atoms with Crippen LogP contribution in [0.5, 0.6) is 0 Å². The van der Waals surface area contributed by atoms with Gasteiger partial charge >= 0.3 is 0 Å². The average Bonchev–Trinajstić information content (AvgIpc) is 2.27. The van der Waals surface area contributed by atoms with Crippen molar-refractivity contribution in [3.63, 3.8) is 0 Å². The van der Waals surface area contributed by atoms with Gasteiger partial charge in [0.25, 0.3) is 0 Å². The molecule has 1 heterocycles. The zero-order chi connectivity index (χ0) is 9.84. The molecule has 0 aromatic carbocycles. The molecule has 0 aliphatic carbocycles. The number of nitrogens with one attached hydrogen (secondary N) is 1. The molecule has 1 aliphatic rings. The van der Waals surface area contributed by atoms with Crippen LogP contribution in [0.1, 0.15) is 27.7 Å². The third-order valence-electron chi connectivity index (χ3n) is 1.90. The van der Waals surface area contributed by atoms with E-state index in [1.807, 2.05) is 6.34 Å². The summed E-state index contributed by atoms with van der Waals surface area (Å²) in [4.78, 5) is 6.28. The van der Waals surface area contributed by atoms with Gasteiger partial charge in [0, 0.05) is 12.0 Å². The van der Waals surface area contributed by atoms with E-state index in [2.05, 4.69) is 48.1 Å². The van der Waals surface area contributed by atoms with Crippen LogP contribution in [0.2, 0.25) is 0 Å². The molecule has 4 heteroatoms. The summed E-state index contributed by atoms with van der Waals surface area (Å²) in [6.45, 7) is 9.11. The molecule has 0 amide bonds. The maximum atomic E-state index is 4.29. The van der Waals surface area contributed by atoms with Gasteiger partial charge in [-0.05, 0) is 13.8 Å². The summed E-state index contributed by atoms with van der Waals surface area (Å²) in [5, 5.41) is 4.29. The van der Waals surface area contributed by atoms with Crippen molar-refractivity contribution in [2.75, 3.05) is 6.67 Å². The summed E-state index contributed by atoms with van der Waals surface area (Å²) < 4.78 is 0. The molecule has 0 aromatic heterocycles. The number of aliphatic imine (C=N–C) groups is 1. The predicted molar refractivity (Wildman–Crippen MR) is 55.7 cm³/mol. The molecule has 0 fully saturated rings. The van der Waals surface area contributed by atoms with E-state index < -0.39 is 0 Å². The lowest BCUT2D eigenvalue weighted by atomic mass is 10.1. The summed E-state index contributed by atoms with van der Waals surface area (Å²) in [6, 6.07) is 0.407. The van der Waals surface area contributed by atoms with Gasteiger partial charge in [0.15, 0.2) is 0 Å². The second kappa shape index (κ2) is 4.25. The van der Waals surface area contributed by atoms with Gasteiger partial charge in [-0.15, -0.1) is 0 Å². The summed E-state index contributed by atoms with van der Waals surface area (Å²) in [5.74, 6) is 1.47. The number of hydrazone groups is 1. The Morgan fingerprint density at radius 2 is 2.08 bits per heavy atom. The van der Waals surface area contributed by atoms with Crippen molar-refractivity contribution >= 4 is 12.2 Å². The van der Waals surface area contributed by atoms with Crippen LogP contribution in [0.4, 0.5) is 0 Å². The molecule has 1 N–H and O–H groups in total. The van der Waals surface area contributed by atoms with Crippen molar-refractivity contribution in [2.24, 2.45) is 16.0 Å². The van der Waals surface area contributed by atoms with Crippen LogP contribution in [0, 0.1) is 5.92 Å². The molecule has 0 aromatic rings. The lowest BCUT2D eigenvalue weighted by molar-refractivity contribution is 0.486. The van der Waals surface area contributed by atoms with Crippen LogP contribution in [-0.2, 0) is 0 Å². The molecule has 0 saturated heterocycles. The monoisotopic (exact) mass is 182 g/mol. The molecule has 4 nitrogen and oxygen atoms in total. The van der Waals surface area contributed by atoms with Crippen LogP contribution >= 0.6 is 0 Å². The average molecular weight is 182 g/mol. The van der Waals surface area contributed by atoms with Gasteiger partial charge in [0.1, 0.15) is 12.5 Å². The minimum atomic E-state index is 0.407. The number of rotatable bonds is 2. The van der Waals surface area contributed by atoms with E-state index in [0.717, 1.165) is 5.84 Å². The maximum absolute atomic E-state index is 4.29. The fourth-order valence-corrected chi connectivity index (χ4v) is 1.23. The van der Waals surface area contributed by atoms with Gasteiger partial charge in [-0.2, -0.15) is 5.10 Å². The molecule has 1 rings (SSSR count). The van der Waals surface area contributed by atoms with E-state index in [-0.39, 0.29) is 0 Å². The fourth-order valence-electron chi connectivity index (χ4n) is 1.23. The second-order valence-corrected chi connectivity index (χ2v) is 3.74. The van der Waals surface area contributed by atoms with Gasteiger partial charge in [0.05, 0.1) is 6.34 Å². The largest absolute Gasteiger partial charge is 0.317 e. The van der Waals surface area contributed by atoms with E-state index in [1.165, 1.54) is 0 Å². The Balaban J connectivity index is 2.85. The zero-order valence-corrected chi connectivity index (χ0v) is 8.78. The van der Waals surface area contributed by atoms with Gasteiger partial charge in [-0.25, -0.2) is 0 Å². The predicted octanol–water partition coefficient (Wildman–Crippen LogP) is 1.26. The van der Waals surface area contributed by atoms with Gasteiger partial charge in [-0.3, -0.25) is 10.4 Å². The minimum Gasteiger partial charge on any atom is -0.317 e. The number of nitrogens with zero attached hydrogens (tertiary/aromatic N) is 3. The van der Waals surface area contributed by atoms with Crippen molar-refractivity contribution in [1.29, 1.82) is 0 Å². The van der Waals surface area contributed by atoms with E-state index in [1.54, 1.807) is 0 Å². The molecule has 13 heavy (non-hydrogen) atoms. The van der Waals surface area contributed by atoms with Gasteiger partial charge < -0.3 is 4.90 Å². The maximum Gasteiger partial charge on any atom is 0.132 e. The Kier molecular flexibility index (Phi) is 3.28. The van der Waals surface area contributed by atoms with E-state index in [9.17, 15) is 0 Å². The van der Waals surface area contributed by atoms with Crippen molar-refractivity contribution < 1.29 is 0 Å².